The van der Waals surface area contributed by atoms with Crippen molar-refractivity contribution in [3.63, 3.8) is 0 Å². The molecule has 0 unspecified atom stereocenters. The smallest absolute Gasteiger partial charge is 0.233 e. The Morgan fingerprint density at radius 1 is 1.11 bits per heavy atom. The van der Waals surface area contributed by atoms with Crippen LogP contribution in [0.5, 0.6) is 5.75 Å². The summed E-state index contributed by atoms with van der Waals surface area (Å²) < 4.78 is 5.59. The van der Waals surface area contributed by atoms with E-state index in [2.05, 4.69) is 5.32 Å². The maximum Gasteiger partial charge on any atom is 0.233 e. The second kappa shape index (κ2) is 8.37. The van der Waals surface area contributed by atoms with Gasteiger partial charge in [-0.05, 0) is 44.4 Å². The monoisotopic (exact) mass is 370 g/mol. The molecule has 2 atom stereocenters. The van der Waals surface area contributed by atoms with E-state index in [1.165, 1.54) is 4.90 Å². The van der Waals surface area contributed by atoms with E-state index in [0.29, 0.717) is 19.4 Å². The fourth-order valence-corrected chi connectivity index (χ4v) is 3.55. The minimum Gasteiger partial charge on any atom is -0.491 e. The molecule has 1 heterocycles. The molecular formula is C21H26N2O4. The number of likely N-dealkylation sites (tertiary alicyclic amines) is 1. The molecule has 1 aromatic rings. The zero-order valence-corrected chi connectivity index (χ0v) is 15.8. The normalized spacial score (nSPS) is 21.5. The molecule has 144 valence electrons. The van der Waals surface area contributed by atoms with Crippen molar-refractivity contribution in [3.05, 3.63) is 42.0 Å². The van der Waals surface area contributed by atoms with Crippen molar-refractivity contribution in [1.82, 2.24) is 10.2 Å². The molecule has 6 heteroatoms. The Bertz CT molecular complexity index is 713. The molecule has 1 aliphatic carbocycles. The summed E-state index contributed by atoms with van der Waals surface area (Å²) in [6.45, 7) is 4.49. The molecule has 0 radical (unpaired) electrons. The number of benzene rings is 1. The van der Waals surface area contributed by atoms with Crippen molar-refractivity contribution in [1.29, 1.82) is 0 Å². The van der Waals surface area contributed by atoms with Crippen molar-refractivity contribution in [3.8, 4) is 5.75 Å². The average Bonchev–Trinajstić information content (AvgIpc) is 2.90. The molecular weight excluding hydrogens is 344 g/mol. The van der Waals surface area contributed by atoms with Crippen molar-refractivity contribution in [2.45, 2.75) is 45.8 Å². The Morgan fingerprint density at radius 2 is 1.70 bits per heavy atom. The Balaban J connectivity index is 1.45. The van der Waals surface area contributed by atoms with Crippen LogP contribution in [0.25, 0.3) is 0 Å². The number of amides is 3. The summed E-state index contributed by atoms with van der Waals surface area (Å²) in [6, 6.07) is 7.56. The second-order valence-corrected chi connectivity index (χ2v) is 7.32. The van der Waals surface area contributed by atoms with Gasteiger partial charge in [-0.15, -0.1) is 0 Å². The standard InChI is InChI=1S/C21H26N2O4/c1-14(2)27-16-9-7-15(8-10-16)13-22-19(24)11-12-23-20(25)17-5-3-4-6-18(17)21(23)26/h3-4,7-10,14,17-18H,5-6,11-13H2,1-2H3,(H,22,24)/t17-,18+. The molecule has 1 fully saturated rings. The van der Waals surface area contributed by atoms with E-state index in [0.717, 1.165) is 11.3 Å². The van der Waals surface area contributed by atoms with Crippen LogP contribution in [-0.4, -0.2) is 35.3 Å². The van der Waals surface area contributed by atoms with Crippen LogP contribution in [0.3, 0.4) is 0 Å². The van der Waals surface area contributed by atoms with Gasteiger partial charge in [-0.1, -0.05) is 24.3 Å². The van der Waals surface area contributed by atoms with Crippen LogP contribution in [0.2, 0.25) is 0 Å². The van der Waals surface area contributed by atoms with E-state index < -0.39 is 0 Å². The quantitative estimate of drug-likeness (QED) is 0.591. The van der Waals surface area contributed by atoms with Gasteiger partial charge in [0.15, 0.2) is 0 Å². The SMILES string of the molecule is CC(C)Oc1ccc(CNC(=O)CCN2C(=O)[C@H]3CC=CC[C@H]3C2=O)cc1. The van der Waals surface area contributed by atoms with Crippen LogP contribution in [0.4, 0.5) is 0 Å². The third-order valence-corrected chi connectivity index (χ3v) is 4.95. The van der Waals surface area contributed by atoms with Crippen LogP contribution in [0, 0.1) is 11.8 Å². The highest BCUT2D eigenvalue weighted by molar-refractivity contribution is 6.05. The number of ether oxygens (including phenoxy) is 1. The van der Waals surface area contributed by atoms with Crippen molar-refractivity contribution >= 4 is 17.7 Å². The van der Waals surface area contributed by atoms with Crippen molar-refractivity contribution < 1.29 is 19.1 Å². The molecule has 1 N–H and O–H groups in total. The highest BCUT2D eigenvalue weighted by Crippen LogP contribution is 2.34. The molecule has 0 spiro atoms. The van der Waals surface area contributed by atoms with Gasteiger partial charge >= 0.3 is 0 Å². The number of nitrogens with zero attached hydrogens (tertiary/aromatic N) is 1. The van der Waals surface area contributed by atoms with Gasteiger partial charge in [-0.3, -0.25) is 19.3 Å². The van der Waals surface area contributed by atoms with Crippen LogP contribution in [-0.2, 0) is 20.9 Å². The Labute approximate surface area is 159 Å². The van der Waals surface area contributed by atoms with Crippen LogP contribution < -0.4 is 10.1 Å². The van der Waals surface area contributed by atoms with Gasteiger partial charge in [0.25, 0.3) is 0 Å². The van der Waals surface area contributed by atoms with Crippen LogP contribution in [0.15, 0.2) is 36.4 Å². The summed E-state index contributed by atoms with van der Waals surface area (Å²) in [5.41, 5.74) is 0.963. The third kappa shape index (κ3) is 4.56. The minimum atomic E-state index is -0.239. The highest BCUT2D eigenvalue weighted by Gasteiger charge is 2.46. The molecule has 1 saturated heterocycles. The van der Waals surface area contributed by atoms with Crippen LogP contribution >= 0.6 is 0 Å². The molecule has 3 rings (SSSR count). The number of hydrogen-bond acceptors (Lipinski definition) is 4. The lowest BCUT2D eigenvalue weighted by atomic mass is 9.85. The predicted octanol–water partition coefficient (Wildman–Crippen LogP) is 2.43. The number of carbonyl (C=O) groups excluding carboxylic acids is 3. The van der Waals surface area contributed by atoms with Gasteiger partial charge in [-0.2, -0.15) is 0 Å². The summed E-state index contributed by atoms with van der Waals surface area (Å²) in [7, 11) is 0. The molecule has 0 bridgehead atoms. The summed E-state index contributed by atoms with van der Waals surface area (Å²) in [5, 5.41) is 2.83. The maximum absolute atomic E-state index is 12.4. The Morgan fingerprint density at radius 3 is 2.26 bits per heavy atom. The molecule has 2 aliphatic rings. The Kier molecular flexibility index (Phi) is 5.94. The molecule has 3 amide bonds. The lowest BCUT2D eigenvalue weighted by Crippen LogP contribution is -2.35. The van der Waals surface area contributed by atoms with E-state index in [-0.39, 0.29) is 48.6 Å². The summed E-state index contributed by atoms with van der Waals surface area (Å²) in [6.07, 6.45) is 5.40. The van der Waals surface area contributed by atoms with E-state index in [9.17, 15) is 14.4 Å². The van der Waals surface area contributed by atoms with Gasteiger partial charge in [0.05, 0.1) is 17.9 Å². The van der Waals surface area contributed by atoms with Gasteiger partial charge in [0, 0.05) is 19.5 Å². The first-order valence-corrected chi connectivity index (χ1v) is 9.48. The number of nitrogens with one attached hydrogen (secondary N) is 1. The van der Waals surface area contributed by atoms with Crippen LogP contribution in [0.1, 0.15) is 38.7 Å². The first-order chi connectivity index (χ1) is 13.0. The summed E-state index contributed by atoms with van der Waals surface area (Å²) in [5.74, 6) is -0.131. The number of imide groups is 1. The zero-order valence-electron chi connectivity index (χ0n) is 15.8. The molecule has 6 nitrogen and oxygen atoms in total. The largest absolute Gasteiger partial charge is 0.491 e. The summed E-state index contributed by atoms with van der Waals surface area (Å²) >= 11 is 0. The van der Waals surface area contributed by atoms with Gasteiger partial charge in [0.1, 0.15) is 5.75 Å². The fraction of sp³-hybridized carbons (Fsp3) is 0.476. The minimum absolute atomic E-state index is 0.117. The highest BCUT2D eigenvalue weighted by atomic mass is 16.5. The zero-order chi connectivity index (χ0) is 19.4. The predicted molar refractivity (Wildman–Crippen MR) is 101 cm³/mol. The Hall–Kier alpha value is -2.63. The van der Waals surface area contributed by atoms with Gasteiger partial charge in [-0.25, -0.2) is 0 Å². The van der Waals surface area contributed by atoms with Gasteiger partial charge < -0.3 is 10.1 Å². The lowest BCUT2D eigenvalue weighted by molar-refractivity contribution is -0.140. The molecule has 0 saturated carbocycles. The first kappa shape index (κ1) is 19.1. The molecule has 1 aliphatic heterocycles. The van der Waals surface area contributed by atoms with E-state index >= 15 is 0 Å². The number of allylic oxidation sites excluding steroid dienone is 2. The lowest BCUT2D eigenvalue weighted by Gasteiger charge is -2.14. The number of hydrogen-bond donors (Lipinski definition) is 1. The maximum atomic E-state index is 12.4. The number of fused-ring (bicyclic) bond motifs is 1. The topological polar surface area (TPSA) is 75.7 Å². The van der Waals surface area contributed by atoms with Crippen molar-refractivity contribution in [2.75, 3.05) is 6.54 Å². The number of carbonyl (C=O) groups is 3. The van der Waals surface area contributed by atoms with Gasteiger partial charge in [0.2, 0.25) is 17.7 Å². The summed E-state index contributed by atoms with van der Waals surface area (Å²) in [4.78, 5) is 38.1. The van der Waals surface area contributed by atoms with E-state index in [1.807, 2.05) is 50.3 Å². The second-order valence-electron chi connectivity index (χ2n) is 7.32. The average molecular weight is 370 g/mol. The molecule has 1 aromatic carbocycles. The van der Waals surface area contributed by atoms with E-state index in [4.69, 9.17) is 4.74 Å². The fourth-order valence-electron chi connectivity index (χ4n) is 3.55. The first-order valence-electron chi connectivity index (χ1n) is 9.48. The molecule has 27 heavy (non-hydrogen) atoms. The van der Waals surface area contributed by atoms with Crippen molar-refractivity contribution in [2.24, 2.45) is 11.8 Å². The number of rotatable bonds is 7. The third-order valence-electron chi connectivity index (χ3n) is 4.95. The van der Waals surface area contributed by atoms with E-state index in [1.54, 1.807) is 0 Å². The molecule has 0 aromatic heterocycles.